The van der Waals surface area contributed by atoms with Gasteiger partial charge in [0, 0.05) is 12.0 Å². The summed E-state index contributed by atoms with van der Waals surface area (Å²) in [7, 11) is 0. The number of hydrogen-bond donors (Lipinski definition) is 0. The van der Waals surface area contributed by atoms with Gasteiger partial charge in [-0.1, -0.05) is 45.0 Å². The van der Waals surface area contributed by atoms with Crippen molar-refractivity contribution in [3.8, 4) is 0 Å². The topological polar surface area (TPSA) is 17.1 Å². The fourth-order valence-corrected chi connectivity index (χ4v) is 2.23. The lowest BCUT2D eigenvalue weighted by atomic mass is 9.77. The van der Waals surface area contributed by atoms with Crippen molar-refractivity contribution >= 4 is 5.78 Å². The van der Waals surface area contributed by atoms with Gasteiger partial charge in [0.15, 0.2) is 5.78 Å². The molecule has 0 aromatic heterocycles. The van der Waals surface area contributed by atoms with Gasteiger partial charge in [-0.2, -0.15) is 0 Å². The quantitative estimate of drug-likeness (QED) is 0.609. The summed E-state index contributed by atoms with van der Waals surface area (Å²) in [6.45, 7) is 6.60. The van der Waals surface area contributed by atoms with Crippen molar-refractivity contribution in [2.75, 3.05) is 0 Å². The molecule has 1 aliphatic carbocycles. The van der Waals surface area contributed by atoms with E-state index in [9.17, 15) is 4.79 Å². The first-order chi connectivity index (χ1) is 6.50. The van der Waals surface area contributed by atoms with E-state index >= 15 is 0 Å². The van der Waals surface area contributed by atoms with Crippen molar-refractivity contribution in [3.63, 3.8) is 0 Å². The maximum atomic E-state index is 11.7. The highest BCUT2D eigenvalue weighted by Gasteiger charge is 2.36. The Labute approximate surface area is 85.1 Å². The van der Waals surface area contributed by atoms with Crippen LogP contribution in [-0.2, 0) is 0 Å². The predicted molar refractivity (Wildman–Crippen MR) is 57.6 cm³/mol. The van der Waals surface area contributed by atoms with Crippen LogP contribution in [0.5, 0.6) is 0 Å². The molecule has 2 rings (SSSR count). The molecule has 0 N–H and O–H groups in total. The van der Waals surface area contributed by atoms with E-state index in [4.69, 9.17) is 0 Å². The highest BCUT2D eigenvalue weighted by Crippen LogP contribution is 2.44. The lowest BCUT2D eigenvalue weighted by molar-refractivity contribution is 0.0975. The van der Waals surface area contributed by atoms with Crippen molar-refractivity contribution in [3.05, 3.63) is 35.4 Å². The summed E-state index contributed by atoms with van der Waals surface area (Å²) in [6.07, 6.45) is 0.683. The Bertz CT molecular complexity index is 371. The van der Waals surface area contributed by atoms with Gasteiger partial charge in [0.25, 0.3) is 0 Å². The fraction of sp³-hybridized carbons (Fsp3) is 0.462. The van der Waals surface area contributed by atoms with Crippen LogP contribution in [0.1, 0.15) is 49.0 Å². The van der Waals surface area contributed by atoms with Crippen LogP contribution in [0.2, 0.25) is 0 Å². The van der Waals surface area contributed by atoms with Crippen molar-refractivity contribution in [2.45, 2.75) is 33.1 Å². The summed E-state index contributed by atoms with van der Waals surface area (Å²) >= 11 is 0. The molecule has 0 fully saturated rings. The van der Waals surface area contributed by atoms with E-state index in [0.29, 0.717) is 18.1 Å². The molecule has 0 saturated carbocycles. The summed E-state index contributed by atoms with van der Waals surface area (Å²) in [6, 6.07) is 8.01. The number of rotatable bonds is 0. The molecule has 1 atom stereocenters. The van der Waals surface area contributed by atoms with Crippen molar-refractivity contribution in [2.24, 2.45) is 5.41 Å². The Kier molecular flexibility index (Phi) is 1.99. The Hall–Kier alpha value is -1.11. The van der Waals surface area contributed by atoms with E-state index < -0.39 is 0 Å². The molecular formula is C13H16O. The lowest BCUT2D eigenvalue weighted by Crippen LogP contribution is -2.16. The molecule has 14 heavy (non-hydrogen) atoms. The van der Waals surface area contributed by atoms with Crippen molar-refractivity contribution < 1.29 is 4.79 Å². The van der Waals surface area contributed by atoms with E-state index in [2.05, 4.69) is 26.8 Å². The molecule has 1 aliphatic rings. The van der Waals surface area contributed by atoms with Crippen LogP contribution in [0, 0.1) is 5.41 Å². The van der Waals surface area contributed by atoms with Crippen molar-refractivity contribution in [1.29, 1.82) is 0 Å². The number of carbonyl (C=O) groups is 1. The van der Waals surface area contributed by atoms with Crippen LogP contribution in [0.15, 0.2) is 24.3 Å². The zero-order valence-electron chi connectivity index (χ0n) is 9.00. The molecular weight excluding hydrogens is 172 g/mol. The molecule has 0 amide bonds. The zero-order valence-corrected chi connectivity index (χ0v) is 9.00. The number of benzene rings is 1. The Balaban J connectivity index is 2.50. The average Bonchev–Trinajstić information content (AvgIpc) is 2.44. The fourth-order valence-electron chi connectivity index (χ4n) is 2.23. The van der Waals surface area contributed by atoms with E-state index in [1.165, 1.54) is 5.56 Å². The summed E-state index contributed by atoms with van der Waals surface area (Å²) in [5, 5.41) is 0. The standard InChI is InChI=1S/C13H16O/c1-13(2,3)11-8-12(14)10-7-5-4-6-9(10)11/h4-7,11H,8H2,1-3H3/t11-/m1/s1. The molecule has 0 aliphatic heterocycles. The minimum Gasteiger partial charge on any atom is -0.294 e. The molecule has 0 saturated heterocycles. The highest BCUT2D eigenvalue weighted by atomic mass is 16.1. The van der Waals surface area contributed by atoms with E-state index in [0.717, 1.165) is 5.56 Å². The molecule has 1 aromatic carbocycles. The number of fused-ring (bicyclic) bond motifs is 1. The second-order valence-corrected chi connectivity index (χ2v) is 5.13. The van der Waals surface area contributed by atoms with E-state index in [-0.39, 0.29) is 5.41 Å². The monoisotopic (exact) mass is 188 g/mol. The van der Waals surface area contributed by atoms with Gasteiger partial charge < -0.3 is 0 Å². The van der Waals surface area contributed by atoms with Gasteiger partial charge >= 0.3 is 0 Å². The smallest absolute Gasteiger partial charge is 0.163 e. The second-order valence-electron chi connectivity index (χ2n) is 5.13. The summed E-state index contributed by atoms with van der Waals surface area (Å²) in [5.74, 6) is 0.701. The minimum absolute atomic E-state index is 0.183. The second kappa shape index (κ2) is 2.94. The van der Waals surface area contributed by atoms with Crippen LogP contribution >= 0.6 is 0 Å². The third-order valence-electron chi connectivity index (χ3n) is 3.07. The molecule has 1 heteroatoms. The molecule has 74 valence electrons. The normalized spacial score (nSPS) is 21.1. The van der Waals surface area contributed by atoms with Crippen LogP contribution in [0.4, 0.5) is 0 Å². The van der Waals surface area contributed by atoms with Gasteiger partial charge in [-0.15, -0.1) is 0 Å². The van der Waals surface area contributed by atoms with Gasteiger partial charge in [-0.05, 0) is 16.9 Å². The van der Waals surface area contributed by atoms with Gasteiger partial charge in [0.1, 0.15) is 0 Å². The lowest BCUT2D eigenvalue weighted by Gasteiger charge is -2.27. The van der Waals surface area contributed by atoms with Crippen LogP contribution in [0.25, 0.3) is 0 Å². The van der Waals surface area contributed by atoms with Crippen molar-refractivity contribution in [1.82, 2.24) is 0 Å². The summed E-state index contributed by atoms with van der Waals surface area (Å²) in [5.41, 5.74) is 2.36. The molecule has 1 nitrogen and oxygen atoms in total. The molecule has 0 unspecified atom stereocenters. The molecule has 0 spiro atoms. The average molecular weight is 188 g/mol. The minimum atomic E-state index is 0.183. The van der Waals surface area contributed by atoms with Gasteiger partial charge in [0.05, 0.1) is 0 Å². The Morgan fingerprint density at radius 1 is 1.21 bits per heavy atom. The summed E-state index contributed by atoms with van der Waals surface area (Å²) < 4.78 is 0. The number of Topliss-reactive ketones (excluding diaryl/α,β-unsaturated/α-hetero) is 1. The Morgan fingerprint density at radius 2 is 1.86 bits per heavy atom. The van der Waals surface area contributed by atoms with Crippen LogP contribution in [0.3, 0.4) is 0 Å². The maximum absolute atomic E-state index is 11.7. The predicted octanol–water partition coefficient (Wildman–Crippen LogP) is 3.40. The number of carbonyl (C=O) groups excluding carboxylic acids is 1. The van der Waals surface area contributed by atoms with Crippen LogP contribution < -0.4 is 0 Å². The zero-order chi connectivity index (χ0) is 10.3. The number of hydrogen-bond acceptors (Lipinski definition) is 1. The Morgan fingerprint density at radius 3 is 2.50 bits per heavy atom. The number of ketones is 1. The largest absolute Gasteiger partial charge is 0.294 e. The van der Waals surface area contributed by atoms with Gasteiger partial charge in [0.2, 0.25) is 0 Å². The molecule has 0 radical (unpaired) electrons. The van der Waals surface area contributed by atoms with Gasteiger partial charge in [-0.25, -0.2) is 0 Å². The third kappa shape index (κ3) is 1.37. The molecule has 0 heterocycles. The third-order valence-corrected chi connectivity index (χ3v) is 3.07. The SMILES string of the molecule is CC(C)(C)[C@@H]1CC(=O)c2ccccc21. The molecule has 0 bridgehead atoms. The van der Waals surface area contributed by atoms with E-state index in [1.807, 2.05) is 18.2 Å². The first-order valence-electron chi connectivity index (χ1n) is 5.12. The van der Waals surface area contributed by atoms with E-state index in [1.54, 1.807) is 0 Å². The highest BCUT2D eigenvalue weighted by molar-refractivity contribution is 6.01. The first kappa shape index (κ1) is 9.45. The summed E-state index contributed by atoms with van der Waals surface area (Å²) in [4.78, 5) is 11.7. The van der Waals surface area contributed by atoms with Crippen LogP contribution in [-0.4, -0.2) is 5.78 Å². The molecule has 1 aromatic rings. The first-order valence-corrected chi connectivity index (χ1v) is 5.12. The van der Waals surface area contributed by atoms with Gasteiger partial charge in [-0.3, -0.25) is 4.79 Å². The maximum Gasteiger partial charge on any atom is 0.163 e.